The fourth-order valence-corrected chi connectivity index (χ4v) is 7.96. The molecule has 9 nitrogen and oxygen atoms in total. The highest BCUT2D eigenvalue weighted by Gasteiger charge is 2.37. The van der Waals surface area contributed by atoms with Crippen LogP contribution in [0.2, 0.25) is 0 Å². The third kappa shape index (κ3) is 7.13. The summed E-state index contributed by atoms with van der Waals surface area (Å²) < 4.78 is 11.0. The summed E-state index contributed by atoms with van der Waals surface area (Å²) in [5.74, 6) is 0.193. The van der Waals surface area contributed by atoms with Crippen molar-refractivity contribution in [3.8, 4) is 22.4 Å². The van der Waals surface area contributed by atoms with Crippen LogP contribution in [-0.2, 0) is 15.9 Å². The molecule has 2 aromatic heterocycles. The molecule has 2 fully saturated rings. The molecule has 2 aliphatic heterocycles. The number of benzene rings is 1. The third-order valence-electron chi connectivity index (χ3n) is 8.79. The zero-order valence-electron chi connectivity index (χ0n) is 27.5. The van der Waals surface area contributed by atoms with Gasteiger partial charge in [-0.25, -0.2) is 4.79 Å². The Morgan fingerprint density at radius 3 is 2.48 bits per heavy atom. The van der Waals surface area contributed by atoms with Crippen molar-refractivity contribution in [3.63, 3.8) is 0 Å². The Labute approximate surface area is 275 Å². The molecule has 0 spiro atoms. The van der Waals surface area contributed by atoms with Crippen LogP contribution in [0.15, 0.2) is 42.6 Å². The molecular weight excluding hydrogens is 600 g/mol. The van der Waals surface area contributed by atoms with Crippen LogP contribution in [0.25, 0.3) is 22.4 Å². The highest BCUT2D eigenvalue weighted by molar-refractivity contribution is 7.19. The Hall–Kier alpha value is -3.76. The number of rotatable bonds is 5. The van der Waals surface area contributed by atoms with Crippen molar-refractivity contribution in [2.45, 2.75) is 71.9 Å². The lowest BCUT2D eigenvalue weighted by atomic mass is 9.75. The summed E-state index contributed by atoms with van der Waals surface area (Å²) in [7, 11) is 0. The van der Waals surface area contributed by atoms with Gasteiger partial charge in [0.1, 0.15) is 5.60 Å². The number of ketones is 1. The van der Waals surface area contributed by atoms with Crippen molar-refractivity contribution >= 4 is 34.1 Å². The molecule has 2 saturated heterocycles. The van der Waals surface area contributed by atoms with E-state index in [-0.39, 0.29) is 23.1 Å². The summed E-state index contributed by atoms with van der Waals surface area (Å²) in [5.41, 5.74) is 4.89. The van der Waals surface area contributed by atoms with Crippen LogP contribution in [0.1, 0.15) is 79.5 Å². The second-order valence-corrected chi connectivity index (χ2v) is 15.4. The molecule has 244 valence electrons. The zero-order valence-corrected chi connectivity index (χ0v) is 28.3. The molecule has 1 N–H and O–H groups in total. The van der Waals surface area contributed by atoms with Crippen LogP contribution >= 0.6 is 11.3 Å². The number of anilines is 1. The highest BCUT2D eigenvalue weighted by Crippen LogP contribution is 2.49. The molecule has 1 aliphatic carbocycles. The summed E-state index contributed by atoms with van der Waals surface area (Å²) in [6.07, 6.45) is 4.15. The number of carbonyl (C=O) groups excluding carboxylic acids is 3. The molecule has 3 aliphatic rings. The van der Waals surface area contributed by atoms with Crippen LogP contribution in [0.4, 0.5) is 9.80 Å². The van der Waals surface area contributed by atoms with E-state index in [9.17, 15) is 14.4 Å². The lowest BCUT2D eigenvalue weighted by molar-refractivity contribution is 0.0473. The third-order valence-corrected chi connectivity index (χ3v) is 10.1. The normalized spacial score (nSPS) is 18.7. The number of Topliss-reactive ketones (excluding diaryl/α,β-unsaturated/α-hetero) is 1. The summed E-state index contributed by atoms with van der Waals surface area (Å²) >= 11 is 1.62. The standard InChI is InChI=1S/C36H44N4O5S/c1-35(2,3)45-34(43)38-26-10-13-39(14-11-26)32(42)25-8-6-7-23(19-25)28-20-24(9-12-37-28)30-27-21-36(4,5)22-29(41)31(27)46-33(30)40-15-17-44-18-16-40/h6-9,12,19-20,26H,10-11,13-18,21-22H2,1-5H3,(H,38,43). The van der Waals surface area contributed by atoms with Gasteiger partial charge in [-0.3, -0.25) is 14.6 Å². The Morgan fingerprint density at radius 2 is 1.76 bits per heavy atom. The molecule has 6 rings (SSSR count). The Bertz CT molecular complexity index is 1630. The van der Waals surface area contributed by atoms with Crippen molar-refractivity contribution in [2.75, 3.05) is 44.3 Å². The molecule has 3 aromatic rings. The second-order valence-electron chi connectivity index (χ2n) is 14.4. The first-order chi connectivity index (χ1) is 21.9. The highest BCUT2D eigenvalue weighted by atomic mass is 32.1. The van der Waals surface area contributed by atoms with Gasteiger partial charge in [-0.15, -0.1) is 11.3 Å². The first-order valence-corrected chi connectivity index (χ1v) is 17.1. The molecule has 10 heteroatoms. The number of carbonyl (C=O) groups is 3. The number of likely N-dealkylation sites (tertiary alicyclic amines) is 1. The number of amides is 2. The van der Waals surface area contributed by atoms with E-state index < -0.39 is 11.7 Å². The maximum Gasteiger partial charge on any atom is 0.407 e. The van der Waals surface area contributed by atoms with Crippen molar-refractivity contribution in [1.29, 1.82) is 0 Å². The van der Waals surface area contributed by atoms with Gasteiger partial charge in [-0.2, -0.15) is 0 Å². The topological polar surface area (TPSA) is 101 Å². The van der Waals surface area contributed by atoms with E-state index in [2.05, 4.69) is 30.1 Å². The number of morpholine rings is 1. The van der Waals surface area contributed by atoms with Crippen LogP contribution in [-0.4, -0.2) is 78.7 Å². The number of ether oxygens (including phenoxy) is 2. The Balaban J connectivity index is 1.23. The molecule has 0 unspecified atom stereocenters. The van der Waals surface area contributed by atoms with Gasteiger partial charge < -0.3 is 24.6 Å². The van der Waals surface area contributed by atoms with Crippen molar-refractivity contribution in [1.82, 2.24) is 15.2 Å². The van der Waals surface area contributed by atoms with Crippen LogP contribution in [0.3, 0.4) is 0 Å². The number of piperidine rings is 1. The smallest absolute Gasteiger partial charge is 0.407 e. The van der Waals surface area contributed by atoms with E-state index in [1.54, 1.807) is 11.3 Å². The van der Waals surface area contributed by atoms with Crippen LogP contribution in [0.5, 0.6) is 0 Å². The average Bonchev–Trinajstić information content (AvgIpc) is 3.39. The lowest BCUT2D eigenvalue weighted by Crippen LogP contribution is -2.47. The molecule has 0 radical (unpaired) electrons. The molecular formula is C36H44N4O5S. The van der Waals surface area contributed by atoms with Gasteiger partial charge in [0, 0.05) is 61.5 Å². The minimum atomic E-state index is -0.551. The largest absolute Gasteiger partial charge is 0.444 e. The number of alkyl carbamates (subject to hydrolysis) is 1. The molecule has 46 heavy (non-hydrogen) atoms. The van der Waals surface area contributed by atoms with Gasteiger partial charge in [-0.1, -0.05) is 26.0 Å². The fraction of sp³-hybridized carbons (Fsp3) is 0.500. The Morgan fingerprint density at radius 1 is 1.02 bits per heavy atom. The van der Waals surface area contributed by atoms with Crippen LogP contribution < -0.4 is 10.2 Å². The molecule has 1 aromatic carbocycles. The second kappa shape index (κ2) is 12.8. The number of thiophene rings is 1. The number of nitrogens with zero attached hydrogens (tertiary/aromatic N) is 3. The van der Waals surface area contributed by atoms with Gasteiger partial charge in [0.15, 0.2) is 5.78 Å². The van der Waals surface area contributed by atoms with E-state index in [0.717, 1.165) is 57.3 Å². The number of hydrogen-bond acceptors (Lipinski definition) is 8. The van der Waals surface area contributed by atoms with E-state index in [1.165, 1.54) is 0 Å². The zero-order chi connectivity index (χ0) is 32.6. The fourth-order valence-electron chi connectivity index (χ4n) is 6.63. The minimum Gasteiger partial charge on any atom is -0.444 e. The molecule has 0 saturated carbocycles. The number of hydrogen-bond donors (Lipinski definition) is 1. The van der Waals surface area contributed by atoms with Gasteiger partial charge in [0.2, 0.25) is 0 Å². The molecule has 0 bridgehead atoms. The van der Waals surface area contributed by atoms with Gasteiger partial charge in [-0.05, 0) is 80.8 Å². The van der Waals surface area contributed by atoms with Gasteiger partial charge in [0.05, 0.1) is 28.8 Å². The van der Waals surface area contributed by atoms with E-state index in [1.807, 2.05) is 62.2 Å². The predicted molar refractivity (Wildman–Crippen MR) is 181 cm³/mol. The summed E-state index contributed by atoms with van der Waals surface area (Å²) in [6, 6.07) is 11.8. The summed E-state index contributed by atoms with van der Waals surface area (Å²) in [6.45, 7) is 13.9. The van der Waals surface area contributed by atoms with E-state index >= 15 is 0 Å². The Kier molecular flexibility index (Phi) is 8.95. The minimum absolute atomic E-state index is 0.0248. The lowest BCUT2D eigenvalue weighted by Gasteiger charge is -2.33. The number of pyridine rings is 1. The predicted octanol–water partition coefficient (Wildman–Crippen LogP) is 6.60. The SMILES string of the molecule is CC1(C)CC(=O)c2sc(N3CCOCC3)c(-c3ccnc(-c4cccc(C(=O)N5CCC(NC(=O)OC(C)(C)C)CC5)c4)c3)c2C1. The number of fused-ring (bicyclic) bond motifs is 1. The van der Waals surface area contributed by atoms with Gasteiger partial charge >= 0.3 is 6.09 Å². The quantitative estimate of drug-likeness (QED) is 0.334. The van der Waals surface area contributed by atoms with E-state index in [0.29, 0.717) is 51.1 Å². The monoisotopic (exact) mass is 644 g/mol. The molecule has 4 heterocycles. The van der Waals surface area contributed by atoms with Gasteiger partial charge in [0.25, 0.3) is 5.91 Å². The summed E-state index contributed by atoms with van der Waals surface area (Å²) in [4.78, 5) is 48.9. The molecule has 0 atom stereocenters. The summed E-state index contributed by atoms with van der Waals surface area (Å²) in [5, 5.41) is 4.07. The van der Waals surface area contributed by atoms with Crippen molar-refractivity contribution in [2.24, 2.45) is 5.41 Å². The maximum absolute atomic E-state index is 13.6. The first-order valence-electron chi connectivity index (χ1n) is 16.2. The maximum atomic E-state index is 13.6. The van der Waals surface area contributed by atoms with Crippen LogP contribution in [0, 0.1) is 5.41 Å². The number of aromatic nitrogens is 1. The van der Waals surface area contributed by atoms with E-state index in [4.69, 9.17) is 14.5 Å². The first kappa shape index (κ1) is 32.2. The van der Waals surface area contributed by atoms with Crippen molar-refractivity contribution in [3.05, 3.63) is 58.6 Å². The van der Waals surface area contributed by atoms with Crippen molar-refractivity contribution < 1.29 is 23.9 Å². The average molecular weight is 645 g/mol. The molecule has 2 amide bonds. The number of nitrogens with one attached hydrogen (secondary N) is 1.